The van der Waals surface area contributed by atoms with E-state index in [0.717, 1.165) is 11.3 Å². The lowest BCUT2D eigenvalue weighted by Gasteiger charge is -2.18. The summed E-state index contributed by atoms with van der Waals surface area (Å²) in [6.45, 7) is 4.84. The average molecular weight is 470 g/mol. The molecule has 1 amide bonds. The minimum absolute atomic E-state index is 0.0198. The maximum absolute atomic E-state index is 13.5. The van der Waals surface area contributed by atoms with Gasteiger partial charge in [-0.25, -0.2) is 4.98 Å². The molecular weight excluding hydrogens is 442 g/mol. The third kappa shape index (κ3) is 4.25. The van der Waals surface area contributed by atoms with Crippen LogP contribution in [0.2, 0.25) is 0 Å². The molecule has 0 saturated heterocycles. The van der Waals surface area contributed by atoms with Crippen LogP contribution in [0.4, 0.5) is 0 Å². The minimum atomic E-state index is -0.139. The van der Waals surface area contributed by atoms with Crippen molar-refractivity contribution in [3.05, 3.63) is 94.0 Å². The third-order valence-electron chi connectivity index (χ3n) is 6.14. The zero-order valence-electron chi connectivity index (χ0n) is 20.0. The molecule has 7 nitrogen and oxygen atoms in total. The number of ether oxygens (including phenoxy) is 2. The number of carbonyl (C=O) groups excluding carboxylic acids is 1. The topological polar surface area (TPSA) is 73.7 Å². The van der Waals surface area contributed by atoms with Gasteiger partial charge in [-0.1, -0.05) is 18.2 Å². The van der Waals surface area contributed by atoms with Crippen molar-refractivity contribution in [1.82, 2.24) is 14.5 Å². The van der Waals surface area contributed by atoms with Crippen LogP contribution in [0.1, 0.15) is 35.6 Å². The van der Waals surface area contributed by atoms with E-state index in [-0.39, 0.29) is 17.6 Å². The fourth-order valence-corrected chi connectivity index (χ4v) is 4.49. The Labute approximate surface area is 203 Å². The first-order chi connectivity index (χ1) is 17.0. The number of hydrogen-bond donors (Lipinski definition) is 0. The molecule has 0 bridgehead atoms. The Bertz CT molecular complexity index is 1460. The van der Waals surface area contributed by atoms with Gasteiger partial charge in [-0.05, 0) is 62.4 Å². The van der Waals surface area contributed by atoms with Gasteiger partial charge in [0.2, 0.25) is 0 Å². The molecule has 0 atom stereocenters. The van der Waals surface area contributed by atoms with Gasteiger partial charge in [0.25, 0.3) is 11.5 Å². The second-order valence-electron chi connectivity index (χ2n) is 8.81. The fourth-order valence-electron chi connectivity index (χ4n) is 4.49. The summed E-state index contributed by atoms with van der Waals surface area (Å²) in [4.78, 5) is 33.2. The summed E-state index contributed by atoms with van der Waals surface area (Å²) in [6.07, 6.45) is 0.443. The molecule has 4 aromatic rings. The van der Waals surface area contributed by atoms with E-state index in [4.69, 9.17) is 14.5 Å². The van der Waals surface area contributed by atoms with Gasteiger partial charge in [-0.3, -0.25) is 14.2 Å². The Morgan fingerprint density at radius 1 is 0.971 bits per heavy atom. The molecule has 0 aliphatic carbocycles. The first kappa shape index (κ1) is 22.7. The lowest BCUT2D eigenvalue weighted by atomic mass is 10.1. The maximum atomic E-state index is 13.5. The van der Waals surface area contributed by atoms with Crippen LogP contribution in [0, 0.1) is 0 Å². The molecule has 0 spiro atoms. The van der Waals surface area contributed by atoms with Gasteiger partial charge in [-0.2, -0.15) is 0 Å². The van der Waals surface area contributed by atoms with Crippen LogP contribution in [0.3, 0.4) is 0 Å². The van der Waals surface area contributed by atoms with E-state index in [1.807, 2.05) is 74.5 Å². The summed E-state index contributed by atoms with van der Waals surface area (Å²) < 4.78 is 12.8. The van der Waals surface area contributed by atoms with E-state index >= 15 is 0 Å². The molecule has 0 radical (unpaired) electrons. The molecule has 35 heavy (non-hydrogen) atoms. The van der Waals surface area contributed by atoms with Crippen molar-refractivity contribution in [1.29, 1.82) is 0 Å². The highest BCUT2D eigenvalue weighted by atomic mass is 16.5. The second kappa shape index (κ2) is 9.25. The van der Waals surface area contributed by atoms with Crippen LogP contribution in [0.5, 0.6) is 11.5 Å². The molecule has 2 heterocycles. The zero-order chi connectivity index (χ0) is 24.5. The highest BCUT2D eigenvalue weighted by molar-refractivity contribution is 5.99. The Morgan fingerprint density at radius 3 is 2.49 bits per heavy atom. The van der Waals surface area contributed by atoms with Crippen molar-refractivity contribution in [2.45, 2.75) is 32.9 Å². The predicted molar refractivity (Wildman–Crippen MR) is 135 cm³/mol. The summed E-state index contributed by atoms with van der Waals surface area (Å²) >= 11 is 0. The Kier molecular flexibility index (Phi) is 5.99. The first-order valence-corrected chi connectivity index (χ1v) is 11.7. The van der Waals surface area contributed by atoms with Crippen LogP contribution in [0.25, 0.3) is 16.6 Å². The van der Waals surface area contributed by atoms with Crippen molar-refractivity contribution in [2.75, 3.05) is 13.7 Å². The fraction of sp³-hybridized carbons (Fsp3) is 0.250. The van der Waals surface area contributed by atoms with Crippen LogP contribution in [-0.4, -0.2) is 40.1 Å². The van der Waals surface area contributed by atoms with Crippen LogP contribution in [0.15, 0.2) is 71.5 Å². The smallest absolute Gasteiger partial charge is 0.265 e. The number of methoxy groups -OCH3 is 1. The number of amides is 1. The number of fused-ring (bicyclic) bond motifs is 2. The molecule has 3 aromatic carbocycles. The highest BCUT2D eigenvalue weighted by Gasteiger charge is 2.30. The highest BCUT2D eigenvalue weighted by Crippen LogP contribution is 2.31. The van der Waals surface area contributed by atoms with Gasteiger partial charge >= 0.3 is 0 Å². The Hall–Kier alpha value is -4.13. The molecule has 1 aliphatic heterocycles. The van der Waals surface area contributed by atoms with Gasteiger partial charge in [0.05, 0.1) is 36.3 Å². The van der Waals surface area contributed by atoms with E-state index in [1.165, 1.54) is 0 Å². The zero-order valence-corrected chi connectivity index (χ0v) is 20.0. The van der Waals surface area contributed by atoms with Gasteiger partial charge in [0, 0.05) is 24.1 Å². The molecule has 0 N–H and O–H groups in total. The van der Waals surface area contributed by atoms with Gasteiger partial charge in [0.1, 0.15) is 17.3 Å². The summed E-state index contributed by atoms with van der Waals surface area (Å²) in [5, 5.41) is 0.548. The number of aromatic nitrogens is 2. The molecule has 1 aromatic heterocycles. The monoisotopic (exact) mass is 469 g/mol. The van der Waals surface area contributed by atoms with Crippen molar-refractivity contribution in [2.24, 2.45) is 0 Å². The quantitative estimate of drug-likeness (QED) is 0.402. The van der Waals surface area contributed by atoms with E-state index < -0.39 is 0 Å². The third-order valence-corrected chi connectivity index (χ3v) is 6.14. The van der Waals surface area contributed by atoms with Crippen molar-refractivity contribution >= 4 is 16.8 Å². The Morgan fingerprint density at radius 2 is 1.74 bits per heavy atom. The van der Waals surface area contributed by atoms with Crippen molar-refractivity contribution in [3.63, 3.8) is 0 Å². The summed E-state index contributed by atoms with van der Waals surface area (Å²) in [5.41, 5.74) is 2.78. The molecule has 7 heteroatoms. The SMILES string of the molecule is COc1ccc(-n2c(CCN3Cc4c(OC(C)C)cccc4C3=O)nc3ccccc3c2=O)cc1. The normalized spacial score (nSPS) is 12.9. The molecule has 1 aliphatic rings. The number of nitrogens with zero attached hydrogens (tertiary/aromatic N) is 3. The molecular formula is C28H27N3O4. The van der Waals surface area contributed by atoms with Crippen LogP contribution in [-0.2, 0) is 13.0 Å². The predicted octanol–water partition coefficient (Wildman–Crippen LogP) is 4.38. The van der Waals surface area contributed by atoms with Gasteiger partial charge < -0.3 is 14.4 Å². The van der Waals surface area contributed by atoms with Gasteiger partial charge in [-0.15, -0.1) is 0 Å². The average Bonchev–Trinajstić information content (AvgIpc) is 3.19. The van der Waals surface area contributed by atoms with Crippen LogP contribution < -0.4 is 15.0 Å². The van der Waals surface area contributed by atoms with Crippen LogP contribution >= 0.6 is 0 Å². The second-order valence-corrected chi connectivity index (χ2v) is 8.81. The minimum Gasteiger partial charge on any atom is -0.497 e. The van der Waals surface area contributed by atoms with E-state index in [2.05, 4.69) is 0 Å². The van der Waals surface area contributed by atoms with E-state index in [9.17, 15) is 9.59 Å². The largest absolute Gasteiger partial charge is 0.497 e. The Balaban J connectivity index is 1.48. The van der Waals surface area contributed by atoms with E-state index in [1.54, 1.807) is 22.6 Å². The standard InChI is InChI=1S/C28H27N3O4/c1-18(2)35-25-10-6-8-21-23(25)17-30(27(21)32)16-15-26-29-24-9-5-4-7-22(24)28(33)31(26)19-11-13-20(34-3)14-12-19/h4-14,18H,15-17H2,1-3H3. The maximum Gasteiger partial charge on any atom is 0.265 e. The van der Waals surface area contributed by atoms with Crippen molar-refractivity contribution in [3.8, 4) is 17.2 Å². The number of hydrogen-bond acceptors (Lipinski definition) is 5. The van der Waals surface area contributed by atoms with Gasteiger partial charge in [0.15, 0.2) is 0 Å². The lowest BCUT2D eigenvalue weighted by Crippen LogP contribution is -2.30. The van der Waals surface area contributed by atoms with E-state index in [0.29, 0.717) is 53.2 Å². The molecule has 5 rings (SSSR count). The number of para-hydroxylation sites is 1. The lowest BCUT2D eigenvalue weighted by molar-refractivity contribution is 0.0779. The molecule has 0 saturated carbocycles. The molecule has 178 valence electrons. The number of rotatable bonds is 7. The summed E-state index contributed by atoms with van der Waals surface area (Å²) in [5.74, 6) is 2.01. The summed E-state index contributed by atoms with van der Waals surface area (Å²) in [7, 11) is 1.60. The molecule has 0 unspecified atom stereocenters. The first-order valence-electron chi connectivity index (χ1n) is 11.7. The van der Waals surface area contributed by atoms with Crippen molar-refractivity contribution < 1.29 is 14.3 Å². The number of carbonyl (C=O) groups is 1. The molecule has 0 fully saturated rings. The number of benzene rings is 3. The summed E-state index contributed by atoms with van der Waals surface area (Å²) in [6, 6.07) is 20.2.